The Labute approximate surface area is 117 Å². The molecule has 1 heterocycles. The number of aryl methyl sites for hydroxylation is 2. The molecule has 0 bridgehead atoms. The van der Waals surface area contributed by atoms with E-state index in [2.05, 4.69) is 29.6 Å². The number of amides is 1. The molecule has 2 aromatic rings. The van der Waals surface area contributed by atoms with Crippen LogP contribution in [0.3, 0.4) is 0 Å². The summed E-state index contributed by atoms with van der Waals surface area (Å²) in [6, 6.07) is 10.7. The van der Waals surface area contributed by atoms with Gasteiger partial charge in [0.2, 0.25) is 0 Å². The van der Waals surface area contributed by atoms with E-state index in [1.807, 2.05) is 19.9 Å². The lowest BCUT2D eigenvalue weighted by Gasteiger charge is -2.11. The Morgan fingerprint density at radius 1 is 1.21 bits per heavy atom. The maximum absolute atomic E-state index is 12.3. The Bertz CT molecular complexity index is 604. The molecule has 0 radical (unpaired) electrons. The van der Waals surface area contributed by atoms with Crippen molar-refractivity contribution in [2.75, 3.05) is 0 Å². The molecule has 0 saturated carbocycles. The molecule has 98 valence electrons. The molecule has 0 saturated heterocycles. The molecule has 0 aliphatic heterocycles. The Morgan fingerprint density at radius 3 is 2.37 bits per heavy atom. The molecule has 0 unspecified atom stereocenters. The Hall–Kier alpha value is -1.61. The first-order valence-corrected chi connectivity index (χ1v) is 7.40. The number of rotatable bonds is 2. The van der Waals surface area contributed by atoms with E-state index in [4.69, 9.17) is 0 Å². The van der Waals surface area contributed by atoms with Crippen LogP contribution in [0.1, 0.15) is 31.2 Å². The first-order chi connectivity index (χ1) is 9.13. The molecule has 0 spiro atoms. The summed E-state index contributed by atoms with van der Waals surface area (Å²) < 4.78 is 0. The quantitative estimate of drug-likeness (QED) is 0.892. The molecule has 3 heteroatoms. The first kappa shape index (κ1) is 12.4. The summed E-state index contributed by atoms with van der Waals surface area (Å²) >= 11 is 1.68. The zero-order valence-corrected chi connectivity index (χ0v) is 12.0. The second-order valence-corrected chi connectivity index (χ2v) is 6.63. The van der Waals surface area contributed by atoms with E-state index in [1.165, 1.54) is 16.0 Å². The van der Waals surface area contributed by atoms with Gasteiger partial charge in [-0.25, -0.2) is 0 Å². The smallest absolute Gasteiger partial charge is 0.252 e. The van der Waals surface area contributed by atoms with Gasteiger partial charge < -0.3 is 5.32 Å². The van der Waals surface area contributed by atoms with E-state index in [9.17, 15) is 4.79 Å². The van der Waals surface area contributed by atoms with Gasteiger partial charge in [0.15, 0.2) is 0 Å². The topological polar surface area (TPSA) is 29.1 Å². The molecule has 0 fully saturated rings. The predicted octanol–water partition coefficient (Wildman–Crippen LogP) is 3.26. The van der Waals surface area contributed by atoms with Crippen LogP contribution in [0.2, 0.25) is 0 Å². The third kappa shape index (κ3) is 2.43. The van der Waals surface area contributed by atoms with Crippen molar-refractivity contribution in [3.05, 3.63) is 56.8 Å². The zero-order valence-electron chi connectivity index (χ0n) is 11.2. The summed E-state index contributed by atoms with van der Waals surface area (Å²) in [5, 5.41) is 3.16. The highest BCUT2D eigenvalue weighted by atomic mass is 32.1. The summed E-state index contributed by atoms with van der Waals surface area (Å²) in [7, 11) is 0. The van der Waals surface area contributed by atoms with Crippen molar-refractivity contribution in [3.63, 3.8) is 0 Å². The highest BCUT2D eigenvalue weighted by Crippen LogP contribution is 2.24. The van der Waals surface area contributed by atoms with E-state index in [1.54, 1.807) is 11.3 Å². The van der Waals surface area contributed by atoms with E-state index in [-0.39, 0.29) is 11.9 Å². The van der Waals surface area contributed by atoms with Crippen LogP contribution in [0, 0.1) is 13.8 Å². The maximum atomic E-state index is 12.3. The van der Waals surface area contributed by atoms with Gasteiger partial charge in [-0.3, -0.25) is 4.79 Å². The van der Waals surface area contributed by atoms with E-state index >= 15 is 0 Å². The number of nitrogens with one attached hydrogen (secondary N) is 1. The molecule has 2 nitrogen and oxygen atoms in total. The Morgan fingerprint density at radius 2 is 1.84 bits per heavy atom. The first-order valence-electron chi connectivity index (χ1n) is 6.58. The van der Waals surface area contributed by atoms with Crippen molar-refractivity contribution in [3.8, 4) is 0 Å². The van der Waals surface area contributed by atoms with Crippen LogP contribution >= 0.6 is 11.3 Å². The number of benzene rings is 1. The largest absolute Gasteiger partial charge is 0.349 e. The third-order valence-electron chi connectivity index (χ3n) is 3.67. The fraction of sp³-hybridized carbons (Fsp3) is 0.312. The Kier molecular flexibility index (Phi) is 3.15. The van der Waals surface area contributed by atoms with Crippen molar-refractivity contribution < 1.29 is 4.79 Å². The predicted molar refractivity (Wildman–Crippen MR) is 78.9 cm³/mol. The summed E-state index contributed by atoms with van der Waals surface area (Å²) in [6.45, 7) is 4.05. The summed E-state index contributed by atoms with van der Waals surface area (Å²) in [5.41, 5.74) is 3.57. The minimum Gasteiger partial charge on any atom is -0.349 e. The number of hydrogen-bond acceptors (Lipinski definition) is 2. The van der Waals surface area contributed by atoms with Crippen molar-refractivity contribution in [1.29, 1.82) is 0 Å². The molecule has 1 aliphatic carbocycles. The number of thiophene rings is 1. The highest BCUT2D eigenvalue weighted by Gasteiger charge is 2.23. The monoisotopic (exact) mass is 271 g/mol. The van der Waals surface area contributed by atoms with Crippen LogP contribution in [-0.4, -0.2) is 11.9 Å². The van der Waals surface area contributed by atoms with Crippen LogP contribution < -0.4 is 5.32 Å². The second kappa shape index (κ2) is 4.82. The summed E-state index contributed by atoms with van der Waals surface area (Å²) in [6.07, 6.45) is 1.90. The molecule has 3 rings (SSSR count). The van der Waals surface area contributed by atoms with Crippen LogP contribution in [0.4, 0.5) is 0 Å². The van der Waals surface area contributed by atoms with Crippen molar-refractivity contribution in [2.24, 2.45) is 0 Å². The van der Waals surface area contributed by atoms with Crippen LogP contribution in [-0.2, 0) is 12.8 Å². The fourth-order valence-corrected chi connectivity index (χ4v) is 3.70. The number of fused-ring (bicyclic) bond motifs is 1. The van der Waals surface area contributed by atoms with Crippen LogP contribution in [0.25, 0.3) is 0 Å². The summed E-state index contributed by atoms with van der Waals surface area (Å²) in [5.74, 6) is 0.0691. The zero-order chi connectivity index (χ0) is 13.4. The minimum absolute atomic E-state index is 0.0691. The van der Waals surface area contributed by atoms with E-state index < -0.39 is 0 Å². The van der Waals surface area contributed by atoms with Gasteiger partial charge >= 0.3 is 0 Å². The molecule has 1 aromatic heterocycles. The van der Waals surface area contributed by atoms with E-state index in [0.29, 0.717) is 0 Å². The molecule has 19 heavy (non-hydrogen) atoms. The van der Waals surface area contributed by atoms with Gasteiger partial charge in [0, 0.05) is 15.8 Å². The SMILES string of the molecule is Cc1cc(C(=O)NC2Cc3ccccc3C2)c(C)s1. The van der Waals surface area contributed by atoms with Crippen molar-refractivity contribution >= 4 is 17.2 Å². The maximum Gasteiger partial charge on any atom is 0.252 e. The lowest BCUT2D eigenvalue weighted by molar-refractivity contribution is 0.0938. The number of carbonyl (C=O) groups is 1. The van der Waals surface area contributed by atoms with Gasteiger partial charge in [-0.05, 0) is 43.9 Å². The molecule has 1 amide bonds. The average Bonchev–Trinajstić information content (AvgIpc) is 2.91. The van der Waals surface area contributed by atoms with Crippen LogP contribution in [0.5, 0.6) is 0 Å². The van der Waals surface area contributed by atoms with Gasteiger partial charge in [0.1, 0.15) is 0 Å². The molecule has 1 N–H and O–H groups in total. The van der Waals surface area contributed by atoms with Gasteiger partial charge in [0.25, 0.3) is 5.91 Å². The minimum atomic E-state index is 0.0691. The van der Waals surface area contributed by atoms with Gasteiger partial charge in [-0.2, -0.15) is 0 Å². The molecular formula is C16H17NOS. The molecule has 0 atom stereocenters. The number of hydrogen-bond donors (Lipinski definition) is 1. The van der Waals surface area contributed by atoms with Gasteiger partial charge in [0.05, 0.1) is 5.56 Å². The standard InChI is InChI=1S/C16H17NOS/c1-10-7-15(11(2)19-10)16(18)17-14-8-12-5-3-4-6-13(12)9-14/h3-7,14H,8-9H2,1-2H3,(H,17,18). The second-order valence-electron chi connectivity index (χ2n) is 5.17. The summed E-state index contributed by atoms with van der Waals surface area (Å²) in [4.78, 5) is 14.6. The number of carbonyl (C=O) groups excluding carboxylic acids is 1. The highest BCUT2D eigenvalue weighted by molar-refractivity contribution is 7.12. The molecule has 1 aromatic carbocycles. The lowest BCUT2D eigenvalue weighted by Crippen LogP contribution is -2.35. The molecular weight excluding hydrogens is 254 g/mol. The van der Waals surface area contributed by atoms with Crippen molar-refractivity contribution in [1.82, 2.24) is 5.32 Å². The van der Waals surface area contributed by atoms with Crippen LogP contribution in [0.15, 0.2) is 30.3 Å². The molecule has 1 aliphatic rings. The third-order valence-corrected chi connectivity index (χ3v) is 4.64. The van der Waals surface area contributed by atoms with E-state index in [0.717, 1.165) is 23.3 Å². The normalized spacial score (nSPS) is 14.4. The van der Waals surface area contributed by atoms with Gasteiger partial charge in [-0.1, -0.05) is 24.3 Å². The fourth-order valence-electron chi connectivity index (χ4n) is 2.78. The Balaban J connectivity index is 1.71. The van der Waals surface area contributed by atoms with Gasteiger partial charge in [-0.15, -0.1) is 11.3 Å². The average molecular weight is 271 g/mol. The lowest BCUT2D eigenvalue weighted by atomic mass is 10.1. The van der Waals surface area contributed by atoms with Crippen molar-refractivity contribution in [2.45, 2.75) is 32.7 Å².